The Labute approximate surface area is 370 Å². The lowest BCUT2D eigenvalue weighted by Gasteiger charge is -2.20. The van der Waals surface area contributed by atoms with Crippen LogP contribution in [0.5, 0.6) is 17.2 Å². The van der Waals surface area contributed by atoms with E-state index >= 15 is 0 Å². The zero-order valence-corrected chi connectivity index (χ0v) is 33.9. The van der Waals surface area contributed by atoms with E-state index in [0.717, 1.165) is 0 Å². The molecule has 0 amide bonds. The van der Waals surface area contributed by atoms with Crippen LogP contribution in [0.25, 0.3) is 0 Å². The molecule has 4 aromatic rings. The minimum Gasteiger partial charge on any atom is -0.454 e. The number of alkyl halides is 2. The molecule has 298 valence electrons. The van der Waals surface area contributed by atoms with E-state index in [1.807, 2.05) is 0 Å². The highest BCUT2D eigenvalue weighted by atomic mass is 32.2. The Morgan fingerprint density at radius 2 is 0.694 bits per heavy atom. The number of benzene rings is 4. The van der Waals surface area contributed by atoms with Gasteiger partial charge in [-0.1, -0.05) is 110 Å². The van der Waals surface area contributed by atoms with E-state index in [4.69, 9.17) is 89.4 Å². The second-order valence-electron chi connectivity index (χ2n) is 13.4. The minimum absolute atomic E-state index is 0.0326. The Morgan fingerprint density at radius 3 is 0.903 bits per heavy atom. The SMILES string of the molecule is [B]Cc1cc(C[B])c(OC(=O)c2cc(C(=O)Oc3c(C[B])cc(C[B])cc3C[B])c(C(=O)Oc3c(C[B])cc(C[B])cc3C[B])cc2C(=O)OCC(F)(F)S(=O)(=O)O)c(C[B])c1. The summed E-state index contributed by atoms with van der Waals surface area (Å²) in [6, 6.07) is 10.3. The molecule has 0 bridgehead atoms. The van der Waals surface area contributed by atoms with Crippen molar-refractivity contribution in [1.82, 2.24) is 0 Å². The fourth-order valence-electron chi connectivity index (χ4n) is 6.16. The Hall–Kier alpha value is -4.89. The number of hydrogen-bond acceptors (Lipinski definition) is 10. The summed E-state index contributed by atoms with van der Waals surface area (Å²) in [5, 5.41) is -5.04. The maximum atomic E-state index is 14.4. The molecule has 0 aliphatic carbocycles. The molecular formula is C39H29B9F2O11S. The second-order valence-corrected chi connectivity index (χ2v) is 14.9. The molecule has 62 heavy (non-hydrogen) atoms. The van der Waals surface area contributed by atoms with Gasteiger partial charge in [0.05, 0.1) is 92.9 Å². The highest BCUT2D eigenvalue weighted by Gasteiger charge is 2.46. The molecule has 18 radical (unpaired) electrons. The molecule has 0 saturated carbocycles. The summed E-state index contributed by atoms with van der Waals surface area (Å²) in [7, 11) is 47.0. The molecule has 0 spiro atoms. The van der Waals surface area contributed by atoms with Crippen molar-refractivity contribution in [3.05, 3.63) is 121 Å². The summed E-state index contributed by atoms with van der Waals surface area (Å²) in [5.41, 5.74) is -0.552. The van der Waals surface area contributed by atoms with Crippen LogP contribution in [0.15, 0.2) is 48.5 Å². The van der Waals surface area contributed by atoms with E-state index in [9.17, 15) is 36.4 Å². The lowest BCUT2D eigenvalue weighted by Crippen LogP contribution is -2.35. The van der Waals surface area contributed by atoms with Gasteiger partial charge in [-0.2, -0.15) is 17.2 Å². The molecule has 0 fully saturated rings. The summed E-state index contributed by atoms with van der Waals surface area (Å²) in [6.45, 7) is -2.27. The van der Waals surface area contributed by atoms with E-state index in [1.165, 1.54) is 36.4 Å². The third kappa shape index (κ3) is 11.2. The molecule has 0 atom stereocenters. The fourth-order valence-corrected chi connectivity index (χ4v) is 6.36. The lowest BCUT2D eigenvalue weighted by atomic mass is 9.85. The van der Waals surface area contributed by atoms with Gasteiger partial charge in [-0.05, 0) is 45.5 Å². The van der Waals surface area contributed by atoms with Crippen molar-refractivity contribution in [3.8, 4) is 17.2 Å². The molecule has 23 heteroatoms. The van der Waals surface area contributed by atoms with Gasteiger partial charge in [0.2, 0.25) is 0 Å². The zero-order valence-electron chi connectivity index (χ0n) is 33.1. The van der Waals surface area contributed by atoms with Gasteiger partial charge < -0.3 is 18.9 Å². The van der Waals surface area contributed by atoms with Gasteiger partial charge >= 0.3 is 39.2 Å². The van der Waals surface area contributed by atoms with Crippen molar-refractivity contribution in [1.29, 1.82) is 0 Å². The highest BCUT2D eigenvalue weighted by molar-refractivity contribution is 7.86. The number of halogens is 2. The minimum atomic E-state index is -6.13. The van der Waals surface area contributed by atoms with Crippen LogP contribution >= 0.6 is 0 Å². The first-order valence-electron chi connectivity index (χ1n) is 18.5. The third-order valence-electron chi connectivity index (χ3n) is 9.30. The summed E-state index contributed by atoms with van der Waals surface area (Å²) in [5.74, 6) is -6.64. The van der Waals surface area contributed by atoms with E-state index in [0.29, 0.717) is 28.8 Å². The van der Waals surface area contributed by atoms with Gasteiger partial charge in [-0.3, -0.25) is 4.55 Å². The summed E-state index contributed by atoms with van der Waals surface area (Å²) in [6.07, 6.45) is -1.17. The van der Waals surface area contributed by atoms with E-state index in [2.05, 4.69) is 4.74 Å². The monoisotopic (exact) mass is 842 g/mol. The first kappa shape index (κ1) is 49.8. The predicted octanol–water partition coefficient (Wildman–Crippen LogP) is 2.00. The van der Waals surface area contributed by atoms with E-state index in [-0.39, 0.29) is 108 Å². The molecule has 0 aliphatic heterocycles. The summed E-state index contributed by atoms with van der Waals surface area (Å²) < 4.78 is 82.2. The smallest absolute Gasteiger partial charge is 0.402 e. The Balaban J connectivity index is 2.04. The molecular weight excluding hydrogens is 812 g/mol. The predicted molar refractivity (Wildman–Crippen MR) is 233 cm³/mol. The van der Waals surface area contributed by atoms with Crippen LogP contribution in [0, 0.1) is 0 Å². The summed E-state index contributed by atoms with van der Waals surface area (Å²) in [4.78, 5) is 56.6. The van der Waals surface area contributed by atoms with E-state index < -0.39 is 68.1 Å². The van der Waals surface area contributed by atoms with E-state index in [1.54, 1.807) is 0 Å². The average Bonchev–Trinajstić information content (AvgIpc) is 3.26. The van der Waals surface area contributed by atoms with Crippen LogP contribution in [0.2, 0.25) is 0 Å². The van der Waals surface area contributed by atoms with Crippen LogP contribution in [0.1, 0.15) is 91.5 Å². The van der Waals surface area contributed by atoms with Crippen LogP contribution in [0.4, 0.5) is 8.78 Å². The van der Waals surface area contributed by atoms with Gasteiger partial charge in [0.15, 0.2) is 6.61 Å². The van der Waals surface area contributed by atoms with Gasteiger partial charge in [-0.15, -0.1) is 0 Å². The number of ether oxygens (including phenoxy) is 4. The number of carbonyl (C=O) groups is 4. The lowest BCUT2D eigenvalue weighted by molar-refractivity contribution is -0.00963. The number of hydrogen-bond donors (Lipinski definition) is 1. The quantitative estimate of drug-likeness (QED) is 0.0638. The number of carbonyl (C=O) groups excluding carboxylic acids is 4. The molecule has 1 N–H and O–H groups in total. The molecule has 0 heterocycles. The molecule has 0 unspecified atom stereocenters. The van der Waals surface area contributed by atoms with Gasteiger partial charge in [-0.25, -0.2) is 19.2 Å². The molecule has 0 aliphatic rings. The van der Waals surface area contributed by atoms with Crippen molar-refractivity contribution in [3.63, 3.8) is 0 Å². The fraction of sp³-hybridized carbons (Fsp3) is 0.282. The van der Waals surface area contributed by atoms with Crippen molar-refractivity contribution >= 4 is 105 Å². The second kappa shape index (κ2) is 21.5. The largest absolute Gasteiger partial charge is 0.454 e. The van der Waals surface area contributed by atoms with Gasteiger partial charge in [0.25, 0.3) is 0 Å². The van der Waals surface area contributed by atoms with Crippen molar-refractivity contribution in [2.75, 3.05) is 6.61 Å². The Kier molecular flexibility index (Phi) is 17.2. The highest BCUT2D eigenvalue weighted by Crippen LogP contribution is 2.33. The van der Waals surface area contributed by atoms with Crippen molar-refractivity contribution in [2.45, 2.75) is 62.1 Å². The van der Waals surface area contributed by atoms with Crippen LogP contribution < -0.4 is 14.2 Å². The standard InChI is InChI=1S/C39H29B9F2O11S/c40-9-19-1-22(12-43)32(23(2-19)13-44)59-36(52)29-8-31(38(54)61-34-26(16-47)5-21(11-42)6-27(34)17-48)30(7-28(29)35(51)58-18-39(49,50)62(55,56)57)37(53)60-33-24(14-45)3-20(10-41)4-25(33)15-46/h1-8H,9-18H2,(H,55,56,57). The van der Waals surface area contributed by atoms with Crippen LogP contribution in [-0.4, -0.2) is 119 Å². The first-order chi connectivity index (χ1) is 29.3. The third-order valence-corrected chi connectivity index (χ3v) is 10.2. The molecule has 0 aromatic heterocycles. The van der Waals surface area contributed by atoms with Crippen molar-refractivity contribution < 1.29 is 59.9 Å². The number of rotatable bonds is 19. The average molecular weight is 841 g/mol. The summed E-state index contributed by atoms with van der Waals surface area (Å²) >= 11 is 0. The maximum absolute atomic E-state index is 14.4. The molecule has 4 rings (SSSR count). The zero-order chi connectivity index (χ0) is 46.1. The first-order valence-corrected chi connectivity index (χ1v) is 19.9. The van der Waals surface area contributed by atoms with Crippen LogP contribution in [0.3, 0.4) is 0 Å². The number of esters is 4. The van der Waals surface area contributed by atoms with Gasteiger partial charge in [0.1, 0.15) is 17.2 Å². The maximum Gasteiger partial charge on any atom is 0.402 e. The Bertz CT molecular complexity index is 2410. The molecule has 0 saturated heterocycles. The molecule has 11 nitrogen and oxygen atoms in total. The Morgan fingerprint density at radius 1 is 0.452 bits per heavy atom. The van der Waals surface area contributed by atoms with Gasteiger partial charge in [0, 0.05) is 0 Å². The van der Waals surface area contributed by atoms with Crippen molar-refractivity contribution in [2.24, 2.45) is 0 Å². The normalized spacial score (nSPS) is 11.5. The van der Waals surface area contributed by atoms with Crippen LogP contribution in [-0.2, 0) is 71.7 Å². The topological polar surface area (TPSA) is 160 Å². The molecule has 4 aromatic carbocycles.